The Morgan fingerprint density at radius 3 is 2.73 bits per heavy atom. The Balaban J connectivity index is 1.87. The Kier molecular flexibility index (Phi) is 3.88. The van der Waals surface area contributed by atoms with Gasteiger partial charge in [0.1, 0.15) is 29.6 Å². The van der Waals surface area contributed by atoms with Gasteiger partial charge in [0, 0.05) is 17.5 Å². The van der Waals surface area contributed by atoms with Crippen LogP contribution in [-0.4, -0.2) is 46.5 Å². The maximum Gasteiger partial charge on any atom is 0.336 e. The molecule has 0 amide bonds. The van der Waals surface area contributed by atoms with E-state index in [-0.39, 0.29) is 6.61 Å². The van der Waals surface area contributed by atoms with Gasteiger partial charge < -0.3 is 29.2 Å². The van der Waals surface area contributed by atoms with Crippen LogP contribution in [0.2, 0.25) is 0 Å². The summed E-state index contributed by atoms with van der Waals surface area (Å²) in [6.45, 7) is 1.65. The van der Waals surface area contributed by atoms with Crippen molar-refractivity contribution >= 4 is 11.0 Å². The summed E-state index contributed by atoms with van der Waals surface area (Å²) in [4.78, 5) is 11.4. The fourth-order valence-electron chi connectivity index (χ4n) is 2.40. The Labute approximate surface area is 125 Å². The Bertz CT molecular complexity index is 738. The first-order valence-electron chi connectivity index (χ1n) is 6.82. The first kappa shape index (κ1) is 15.0. The Hall–Kier alpha value is -1.93. The summed E-state index contributed by atoms with van der Waals surface area (Å²) in [7, 11) is 0. The van der Waals surface area contributed by atoms with E-state index in [0.29, 0.717) is 11.3 Å². The lowest BCUT2D eigenvalue weighted by Crippen LogP contribution is -2.54. The van der Waals surface area contributed by atoms with Gasteiger partial charge in [0.2, 0.25) is 6.29 Å². The second kappa shape index (κ2) is 5.69. The van der Waals surface area contributed by atoms with Gasteiger partial charge in [-0.15, -0.1) is 0 Å². The van der Waals surface area contributed by atoms with Crippen LogP contribution in [0.4, 0.5) is 0 Å². The zero-order chi connectivity index (χ0) is 15.9. The van der Waals surface area contributed by atoms with E-state index in [1.165, 1.54) is 12.1 Å². The van der Waals surface area contributed by atoms with Crippen LogP contribution < -0.4 is 10.4 Å². The van der Waals surface area contributed by atoms with Crippen molar-refractivity contribution in [3.05, 3.63) is 40.2 Å². The second-order valence-corrected chi connectivity index (χ2v) is 5.27. The first-order chi connectivity index (χ1) is 10.5. The van der Waals surface area contributed by atoms with E-state index in [9.17, 15) is 20.1 Å². The van der Waals surface area contributed by atoms with E-state index in [1.807, 2.05) is 0 Å². The van der Waals surface area contributed by atoms with E-state index in [0.717, 1.165) is 10.9 Å². The summed E-state index contributed by atoms with van der Waals surface area (Å²) in [5, 5.41) is 29.6. The Morgan fingerprint density at radius 2 is 1.95 bits per heavy atom. The van der Waals surface area contributed by atoms with Crippen molar-refractivity contribution < 1.29 is 29.2 Å². The zero-order valence-corrected chi connectivity index (χ0v) is 11.8. The highest BCUT2D eigenvalue weighted by Crippen LogP contribution is 2.25. The lowest BCUT2D eigenvalue weighted by molar-refractivity contribution is -0.242. The summed E-state index contributed by atoms with van der Waals surface area (Å²) in [5.41, 5.74) is 0.674. The molecule has 4 atom stereocenters. The van der Waals surface area contributed by atoms with Crippen LogP contribution in [0.1, 0.15) is 5.56 Å². The third-order valence-corrected chi connectivity index (χ3v) is 3.63. The number of ether oxygens (including phenoxy) is 2. The van der Waals surface area contributed by atoms with Crippen molar-refractivity contribution in [2.45, 2.75) is 31.5 Å². The summed E-state index contributed by atoms with van der Waals surface area (Å²) < 4.78 is 15.7. The smallest absolute Gasteiger partial charge is 0.336 e. The fourth-order valence-corrected chi connectivity index (χ4v) is 2.40. The average Bonchev–Trinajstić information content (AvgIpc) is 2.47. The summed E-state index contributed by atoms with van der Waals surface area (Å²) >= 11 is 0. The molecule has 0 spiro atoms. The van der Waals surface area contributed by atoms with Crippen LogP contribution in [0, 0.1) is 6.92 Å². The minimum Gasteiger partial charge on any atom is -0.462 e. The molecule has 118 valence electrons. The molecule has 2 aromatic rings. The normalized spacial score (nSPS) is 28.7. The molecule has 1 aromatic heterocycles. The molecule has 3 rings (SSSR count). The number of rotatable bonds is 2. The van der Waals surface area contributed by atoms with Gasteiger partial charge >= 0.3 is 5.63 Å². The van der Waals surface area contributed by atoms with E-state index < -0.39 is 30.2 Å². The third-order valence-electron chi connectivity index (χ3n) is 3.63. The standard InChI is InChI=1S/C15H16O7/c1-7-4-12(17)22-11-5-8(2-3-9(7)11)21-15-14(19)13(18)10(16)6-20-15/h2-5,10,13-16,18-19H,6H2,1H3/t10-,13+,14-,15?/m1/s1. The maximum atomic E-state index is 11.4. The maximum absolute atomic E-state index is 11.4. The molecule has 1 aromatic carbocycles. The number of hydrogen-bond acceptors (Lipinski definition) is 7. The minimum atomic E-state index is -1.39. The van der Waals surface area contributed by atoms with E-state index in [1.54, 1.807) is 19.1 Å². The first-order valence-corrected chi connectivity index (χ1v) is 6.82. The van der Waals surface area contributed by atoms with Gasteiger partial charge in [0.25, 0.3) is 0 Å². The molecule has 7 heteroatoms. The van der Waals surface area contributed by atoms with Crippen molar-refractivity contribution in [1.29, 1.82) is 0 Å². The van der Waals surface area contributed by atoms with E-state index in [4.69, 9.17) is 13.9 Å². The number of fused-ring (bicyclic) bond motifs is 1. The molecule has 2 heterocycles. The molecule has 1 fully saturated rings. The zero-order valence-electron chi connectivity index (χ0n) is 11.8. The highest BCUT2D eigenvalue weighted by atomic mass is 16.7. The average molecular weight is 308 g/mol. The summed E-state index contributed by atoms with van der Waals surface area (Å²) in [6, 6.07) is 6.28. The molecule has 3 N–H and O–H groups in total. The molecule has 22 heavy (non-hydrogen) atoms. The number of hydrogen-bond donors (Lipinski definition) is 3. The van der Waals surface area contributed by atoms with Gasteiger partial charge in [0.05, 0.1) is 6.61 Å². The van der Waals surface area contributed by atoms with Crippen LogP contribution in [-0.2, 0) is 4.74 Å². The topological polar surface area (TPSA) is 109 Å². The predicted octanol–water partition coefficient (Wildman–Crippen LogP) is -0.0808. The molecule has 0 aliphatic carbocycles. The Morgan fingerprint density at radius 1 is 1.18 bits per heavy atom. The summed E-state index contributed by atoms with van der Waals surface area (Å²) in [6.07, 6.45) is -5.01. The van der Waals surface area contributed by atoms with Gasteiger partial charge in [-0.25, -0.2) is 4.79 Å². The molecule has 0 radical (unpaired) electrons. The van der Waals surface area contributed by atoms with Crippen molar-refractivity contribution in [3.8, 4) is 5.75 Å². The highest BCUT2D eigenvalue weighted by Gasteiger charge is 2.39. The van der Waals surface area contributed by atoms with Gasteiger partial charge in [-0.2, -0.15) is 0 Å². The number of aliphatic hydroxyl groups excluding tert-OH is 3. The summed E-state index contributed by atoms with van der Waals surface area (Å²) in [5.74, 6) is 0.314. The number of aliphatic hydroxyl groups is 3. The van der Waals surface area contributed by atoms with Crippen molar-refractivity contribution in [3.63, 3.8) is 0 Å². The molecule has 1 unspecified atom stereocenters. The lowest BCUT2D eigenvalue weighted by Gasteiger charge is -2.34. The van der Waals surface area contributed by atoms with Crippen molar-refractivity contribution in [2.75, 3.05) is 6.61 Å². The molecular formula is C15H16O7. The molecule has 7 nitrogen and oxygen atoms in total. The molecular weight excluding hydrogens is 292 g/mol. The molecule has 1 aliphatic heterocycles. The second-order valence-electron chi connectivity index (χ2n) is 5.27. The largest absolute Gasteiger partial charge is 0.462 e. The van der Waals surface area contributed by atoms with Crippen LogP contribution in [0.25, 0.3) is 11.0 Å². The van der Waals surface area contributed by atoms with Crippen LogP contribution >= 0.6 is 0 Å². The van der Waals surface area contributed by atoms with Gasteiger partial charge in [0.15, 0.2) is 0 Å². The quantitative estimate of drug-likeness (QED) is 0.666. The van der Waals surface area contributed by atoms with Crippen molar-refractivity contribution in [1.82, 2.24) is 0 Å². The number of aryl methyl sites for hydroxylation is 1. The van der Waals surface area contributed by atoms with Gasteiger partial charge in [-0.3, -0.25) is 0 Å². The van der Waals surface area contributed by atoms with Gasteiger partial charge in [-0.1, -0.05) is 0 Å². The lowest BCUT2D eigenvalue weighted by atomic mass is 10.1. The molecule has 0 saturated carbocycles. The molecule has 1 aliphatic rings. The van der Waals surface area contributed by atoms with E-state index in [2.05, 4.69) is 0 Å². The fraction of sp³-hybridized carbons (Fsp3) is 0.400. The molecule has 0 bridgehead atoms. The number of benzene rings is 1. The van der Waals surface area contributed by atoms with Crippen LogP contribution in [0.3, 0.4) is 0 Å². The van der Waals surface area contributed by atoms with E-state index >= 15 is 0 Å². The minimum absolute atomic E-state index is 0.148. The molecule has 1 saturated heterocycles. The third kappa shape index (κ3) is 2.71. The van der Waals surface area contributed by atoms with Gasteiger partial charge in [-0.05, 0) is 24.6 Å². The highest BCUT2D eigenvalue weighted by molar-refractivity contribution is 5.81. The monoisotopic (exact) mass is 308 g/mol. The van der Waals surface area contributed by atoms with Crippen molar-refractivity contribution in [2.24, 2.45) is 0 Å². The predicted molar refractivity (Wildman–Crippen MR) is 75.6 cm³/mol. The SMILES string of the molecule is Cc1cc(=O)oc2cc(OC3OC[C@@H](O)[C@H](O)[C@H]3O)ccc12. The van der Waals surface area contributed by atoms with Crippen LogP contribution in [0.15, 0.2) is 33.5 Å². The van der Waals surface area contributed by atoms with Crippen LogP contribution in [0.5, 0.6) is 5.75 Å².